The Labute approximate surface area is 114 Å². The van der Waals surface area contributed by atoms with Gasteiger partial charge in [0, 0.05) is 12.7 Å². The van der Waals surface area contributed by atoms with E-state index in [2.05, 4.69) is 15.3 Å². The number of carbonyl (C=O) groups excluding carboxylic acids is 1. The molecule has 2 rings (SSSR count). The van der Waals surface area contributed by atoms with Crippen LogP contribution in [0, 0.1) is 0 Å². The standard InChI is InChI=1S/C11H10Cl2N4O/c1-2-17-5-3-4-7(17)11(18)16-8-9(12)14-6-15-10(8)13/h3-6H,2H2,1H3,(H,16,18). The van der Waals surface area contributed by atoms with Gasteiger partial charge < -0.3 is 9.88 Å². The minimum atomic E-state index is -0.305. The van der Waals surface area contributed by atoms with Crippen LogP contribution in [-0.2, 0) is 6.54 Å². The fourth-order valence-electron chi connectivity index (χ4n) is 1.52. The van der Waals surface area contributed by atoms with E-state index in [1.807, 2.05) is 13.1 Å². The molecule has 7 heteroatoms. The Balaban J connectivity index is 2.27. The molecule has 94 valence electrons. The van der Waals surface area contributed by atoms with Gasteiger partial charge in [0.05, 0.1) is 0 Å². The number of aryl methyl sites for hydroxylation is 1. The molecule has 1 N–H and O–H groups in total. The largest absolute Gasteiger partial charge is 0.344 e. The third-order valence-electron chi connectivity index (χ3n) is 2.40. The molecule has 0 bridgehead atoms. The number of nitrogens with one attached hydrogen (secondary N) is 1. The van der Waals surface area contributed by atoms with Crippen molar-refractivity contribution in [2.75, 3.05) is 5.32 Å². The number of carbonyl (C=O) groups is 1. The Morgan fingerprint density at radius 2 is 2.06 bits per heavy atom. The number of anilines is 1. The second-order valence-corrected chi connectivity index (χ2v) is 4.18. The van der Waals surface area contributed by atoms with E-state index in [1.54, 1.807) is 16.7 Å². The Hall–Kier alpha value is -1.59. The minimum absolute atomic E-state index is 0.109. The molecule has 5 nitrogen and oxygen atoms in total. The van der Waals surface area contributed by atoms with Crippen molar-refractivity contribution >= 4 is 34.8 Å². The summed E-state index contributed by atoms with van der Waals surface area (Å²) in [5.74, 6) is -0.305. The van der Waals surface area contributed by atoms with Crippen molar-refractivity contribution in [3.63, 3.8) is 0 Å². The lowest BCUT2D eigenvalue weighted by Crippen LogP contribution is -2.17. The first-order valence-electron chi connectivity index (χ1n) is 5.26. The van der Waals surface area contributed by atoms with Crippen molar-refractivity contribution in [3.8, 4) is 0 Å². The van der Waals surface area contributed by atoms with Crippen molar-refractivity contribution in [2.45, 2.75) is 13.5 Å². The summed E-state index contributed by atoms with van der Waals surface area (Å²) in [7, 11) is 0. The summed E-state index contributed by atoms with van der Waals surface area (Å²) in [6.45, 7) is 2.64. The normalized spacial score (nSPS) is 10.4. The van der Waals surface area contributed by atoms with E-state index < -0.39 is 0 Å². The Bertz CT molecular complexity index is 562. The second kappa shape index (κ2) is 5.37. The Morgan fingerprint density at radius 3 is 2.67 bits per heavy atom. The molecular formula is C11H10Cl2N4O. The molecule has 0 saturated heterocycles. The molecule has 0 saturated carbocycles. The zero-order chi connectivity index (χ0) is 13.1. The van der Waals surface area contributed by atoms with Gasteiger partial charge in [-0.1, -0.05) is 23.2 Å². The van der Waals surface area contributed by atoms with Crippen LogP contribution in [0.2, 0.25) is 10.3 Å². The van der Waals surface area contributed by atoms with Gasteiger partial charge in [0.2, 0.25) is 0 Å². The summed E-state index contributed by atoms with van der Waals surface area (Å²) in [6, 6.07) is 3.51. The molecule has 1 amide bonds. The first kappa shape index (κ1) is 12.9. The summed E-state index contributed by atoms with van der Waals surface area (Å²) >= 11 is 11.7. The summed E-state index contributed by atoms with van der Waals surface area (Å²) in [5.41, 5.74) is 0.739. The number of amides is 1. The van der Waals surface area contributed by atoms with Crippen LogP contribution < -0.4 is 5.32 Å². The molecule has 0 aromatic carbocycles. The average Bonchev–Trinajstić information content (AvgIpc) is 2.82. The number of nitrogens with zero attached hydrogens (tertiary/aromatic N) is 3. The maximum atomic E-state index is 12.1. The Morgan fingerprint density at radius 1 is 1.39 bits per heavy atom. The van der Waals surface area contributed by atoms with Gasteiger partial charge in [0.25, 0.3) is 5.91 Å². The average molecular weight is 285 g/mol. The van der Waals surface area contributed by atoms with Gasteiger partial charge in [0.1, 0.15) is 17.7 Å². The third kappa shape index (κ3) is 2.47. The molecule has 0 unspecified atom stereocenters. The predicted molar refractivity (Wildman–Crippen MR) is 70.1 cm³/mol. The molecule has 0 spiro atoms. The van der Waals surface area contributed by atoms with Crippen molar-refractivity contribution < 1.29 is 4.79 Å². The van der Waals surface area contributed by atoms with Gasteiger partial charge in [-0.2, -0.15) is 0 Å². The van der Waals surface area contributed by atoms with Crippen molar-refractivity contribution in [2.24, 2.45) is 0 Å². The van der Waals surface area contributed by atoms with E-state index >= 15 is 0 Å². The fraction of sp³-hybridized carbons (Fsp3) is 0.182. The number of rotatable bonds is 3. The van der Waals surface area contributed by atoms with E-state index in [1.165, 1.54) is 6.33 Å². The van der Waals surface area contributed by atoms with Crippen LogP contribution in [0.5, 0.6) is 0 Å². The molecule has 2 aromatic heterocycles. The van der Waals surface area contributed by atoms with E-state index in [-0.39, 0.29) is 21.9 Å². The highest BCUT2D eigenvalue weighted by Gasteiger charge is 2.15. The smallest absolute Gasteiger partial charge is 0.272 e. The van der Waals surface area contributed by atoms with Gasteiger partial charge in [-0.3, -0.25) is 4.79 Å². The Kier molecular flexibility index (Phi) is 3.84. The molecular weight excluding hydrogens is 275 g/mol. The van der Waals surface area contributed by atoms with Crippen LogP contribution in [-0.4, -0.2) is 20.4 Å². The number of hydrogen-bond acceptors (Lipinski definition) is 3. The number of hydrogen-bond donors (Lipinski definition) is 1. The molecule has 0 aliphatic heterocycles. The lowest BCUT2D eigenvalue weighted by atomic mass is 10.3. The van der Waals surface area contributed by atoms with Crippen LogP contribution in [0.3, 0.4) is 0 Å². The molecule has 0 atom stereocenters. The highest BCUT2D eigenvalue weighted by molar-refractivity contribution is 6.38. The number of aromatic nitrogens is 3. The van der Waals surface area contributed by atoms with Gasteiger partial charge in [-0.15, -0.1) is 0 Å². The maximum absolute atomic E-state index is 12.1. The first-order valence-corrected chi connectivity index (χ1v) is 6.01. The zero-order valence-electron chi connectivity index (χ0n) is 9.52. The van der Waals surface area contributed by atoms with Gasteiger partial charge in [-0.05, 0) is 19.1 Å². The van der Waals surface area contributed by atoms with E-state index in [9.17, 15) is 4.79 Å². The highest BCUT2D eigenvalue weighted by Crippen LogP contribution is 2.26. The van der Waals surface area contributed by atoms with Crippen LogP contribution >= 0.6 is 23.2 Å². The molecule has 0 aliphatic rings. The van der Waals surface area contributed by atoms with Gasteiger partial charge >= 0.3 is 0 Å². The van der Waals surface area contributed by atoms with Gasteiger partial charge in [0.15, 0.2) is 10.3 Å². The molecule has 18 heavy (non-hydrogen) atoms. The summed E-state index contributed by atoms with van der Waals surface area (Å²) < 4.78 is 1.81. The molecule has 0 aliphatic carbocycles. The zero-order valence-corrected chi connectivity index (χ0v) is 11.0. The first-order chi connectivity index (χ1) is 8.63. The quantitative estimate of drug-likeness (QED) is 0.882. The van der Waals surface area contributed by atoms with Crippen LogP contribution in [0.25, 0.3) is 0 Å². The van der Waals surface area contributed by atoms with Crippen molar-refractivity contribution in [3.05, 3.63) is 40.7 Å². The lowest BCUT2D eigenvalue weighted by Gasteiger charge is -2.09. The number of halogens is 2. The molecule has 2 aromatic rings. The second-order valence-electron chi connectivity index (χ2n) is 3.46. The van der Waals surface area contributed by atoms with Crippen molar-refractivity contribution in [1.82, 2.24) is 14.5 Å². The topological polar surface area (TPSA) is 59.8 Å². The minimum Gasteiger partial charge on any atom is -0.344 e. The lowest BCUT2D eigenvalue weighted by molar-refractivity contribution is 0.101. The highest BCUT2D eigenvalue weighted by atomic mass is 35.5. The fourth-order valence-corrected chi connectivity index (χ4v) is 1.93. The van der Waals surface area contributed by atoms with E-state index in [0.29, 0.717) is 12.2 Å². The summed E-state index contributed by atoms with van der Waals surface area (Å²) in [6.07, 6.45) is 3.05. The third-order valence-corrected chi connectivity index (χ3v) is 2.97. The van der Waals surface area contributed by atoms with E-state index in [0.717, 1.165) is 0 Å². The summed E-state index contributed by atoms with van der Waals surface area (Å²) in [4.78, 5) is 19.6. The molecule has 2 heterocycles. The summed E-state index contributed by atoms with van der Waals surface area (Å²) in [5, 5.41) is 2.83. The monoisotopic (exact) mass is 284 g/mol. The van der Waals surface area contributed by atoms with Gasteiger partial charge in [-0.25, -0.2) is 9.97 Å². The molecule has 0 radical (unpaired) electrons. The van der Waals surface area contributed by atoms with Crippen LogP contribution in [0.1, 0.15) is 17.4 Å². The SMILES string of the molecule is CCn1cccc1C(=O)Nc1c(Cl)ncnc1Cl. The predicted octanol–water partition coefficient (Wildman–Crippen LogP) is 2.86. The maximum Gasteiger partial charge on any atom is 0.272 e. The van der Waals surface area contributed by atoms with Crippen LogP contribution in [0.4, 0.5) is 5.69 Å². The van der Waals surface area contributed by atoms with Crippen molar-refractivity contribution in [1.29, 1.82) is 0 Å². The van der Waals surface area contributed by atoms with Crippen LogP contribution in [0.15, 0.2) is 24.7 Å². The van der Waals surface area contributed by atoms with E-state index in [4.69, 9.17) is 23.2 Å². The molecule has 0 fully saturated rings.